The lowest BCUT2D eigenvalue weighted by molar-refractivity contribution is -0.697. The number of hydrogen-bond donors (Lipinski definition) is 0. The summed E-state index contributed by atoms with van der Waals surface area (Å²) in [5, 5.41) is 0. The van der Waals surface area contributed by atoms with Crippen LogP contribution in [-0.2, 0) is 16.7 Å². The van der Waals surface area contributed by atoms with Gasteiger partial charge in [-0.25, -0.2) is 13.0 Å². The van der Waals surface area contributed by atoms with Crippen LogP contribution in [0.5, 0.6) is 0 Å². The quantitative estimate of drug-likeness (QED) is 0.126. The smallest absolute Gasteiger partial charge is 0.168 e. The molecule has 4 nitrogen and oxygen atoms in total. The zero-order valence-electron chi connectivity index (χ0n) is 20.4. The summed E-state index contributed by atoms with van der Waals surface area (Å²) in [6.45, 7) is 5.55. The van der Waals surface area contributed by atoms with Crippen LogP contribution in [-0.4, -0.2) is 18.7 Å². The van der Waals surface area contributed by atoms with Crippen LogP contribution >= 0.6 is 0 Å². The van der Waals surface area contributed by atoms with Gasteiger partial charge in [0.15, 0.2) is 12.4 Å². The van der Waals surface area contributed by atoms with Crippen molar-refractivity contribution in [3.05, 3.63) is 30.6 Å². The standard InChI is InChI=1S/C19H34N.C7H16O3S/c1-2-3-4-5-6-7-8-9-10-11-12-14-17-20-18-15-13-16-19-20;1-2-3-4-5-6-7-11(8,9)10/h13,15-16,18-19H,2-12,14,17H2,1H3;2-7H2,1H3,(H,8,9,10)/q+1;/p-1. The normalized spacial score (nSPS) is 11.2. The van der Waals surface area contributed by atoms with Gasteiger partial charge in [0, 0.05) is 24.3 Å². The Morgan fingerprint density at radius 2 is 0.968 bits per heavy atom. The van der Waals surface area contributed by atoms with Crippen LogP contribution in [0.4, 0.5) is 0 Å². The van der Waals surface area contributed by atoms with Crippen molar-refractivity contribution in [2.45, 2.75) is 130 Å². The van der Waals surface area contributed by atoms with Gasteiger partial charge in [0.25, 0.3) is 0 Å². The maximum Gasteiger partial charge on any atom is 0.168 e. The highest BCUT2D eigenvalue weighted by Gasteiger charge is 1.98. The van der Waals surface area contributed by atoms with Gasteiger partial charge in [0.1, 0.15) is 6.54 Å². The van der Waals surface area contributed by atoms with Gasteiger partial charge in [0.2, 0.25) is 0 Å². The Morgan fingerprint density at radius 3 is 1.39 bits per heavy atom. The molecule has 1 aromatic heterocycles. The third kappa shape index (κ3) is 25.2. The molecule has 1 heterocycles. The third-order valence-corrected chi connectivity index (χ3v) is 6.33. The molecule has 1 aromatic rings. The molecule has 0 saturated carbocycles. The van der Waals surface area contributed by atoms with Gasteiger partial charge in [-0.1, -0.05) is 110 Å². The molecule has 0 unspecified atom stereocenters. The van der Waals surface area contributed by atoms with E-state index < -0.39 is 10.1 Å². The number of rotatable bonds is 19. The van der Waals surface area contributed by atoms with Crippen molar-refractivity contribution in [2.24, 2.45) is 0 Å². The molecule has 0 fully saturated rings. The first-order valence-electron chi connectivity index (χ1n) is 12.9. The Morgan fingerprint density at radius 1 is 0.581 bits per heavy atom. The first-order chi connectivity index (χ1) is 15.0. The molecular weight excluding hydrogens is 406 g/mol. The molecule has 0 aliphatic heterocycles. The summed E-state index contributed by atoms with van der Waals surface area (Å²) in [6, 6.07) is 6.31. The minimum absolute atomic E-state index is 0.198. The lowest BCUT2D eigenvalue weighted by atomic mass is 10.1. The second-order valence-electron chi connectivity index (χ2n) is 8.68. The predicted molar refractivity (Wildman–Crippen MR) is 131 cm³/mol. The maximum absolute atomic E-state index is 10.1. The van der Waals surface area contributed by atoms with Crippen LogP contribution in [0.25, 0.3) is 0 Å². The molecule has 5 heteroatoms. The minimum atomic E-state index is -3.96. The van der Waals surface area contributed by atoms with Gasteiger partial charge in [-0.15, -0.1) is 0 Å². The lowest BCUT2D eigenvalue weighted by Crippen LogP contribution is -2.32. The van der Waals surface area contributed by atoms with Crippen LogP contribution < -0.4 is 4.57 Å². The average Bonchev–Trinajstić information content (AvgIpc) is 2.75. The van der Waals surface area contributed by atoms with Crippen molar-refractivity contribution < 1.29 is 17.5 Å². The van der Waals surface area contributed by atoms with Crippen molar-refractivity contribution in [3.63, 3.8) is 0 Å². The van der Waals surface area contributed by atoms with E-state index in [0.29, 0.717) is 6.42 Å². The number of pyridine rings is 1. The van der Waals surface area contributed by atoms with E-state index in [-0.39, 0.29) is 5.75 Å². The fourth-order valence-electron chi connectivity index (χ4n) is 3.60. The van der Waals surface area contributed by atoms with Gasteiger partial charge in [-0.3, -0.25) is 0 Å². The van der Waals surface area contributed by atoms with Gasteiger partial charge in [-0.2, -0.15) is 0 Å². The predicted octanol–water partition coefficient (Wildman–Crippen LogP) is 7.18. The monoisotopic (exact) mass is 455 g/mol. The molecule has 0 bridgehead atoms. The first kappa shape index (κ1) is 30.1. The van der Waals surface area contributed by atoms with Crippen molar-refractivity contribution in [1.82, 2.24) is 0 Å². The second kappa shape index (κ2) is 22.3. The fraction of sp³-hybridized carbons (Fsp3) is 0.808. The topological polar surface area (TPSA) is 61.1 Å². The van der Waals surface area contributed by atoms with Crippen LogP contribution in [0, 0.1) is 0 Å². The van der Waals surface area contributed by atoms with Crippen LogP contribution in [0.3, 0.4) is 0 Å². The Bertz CT molecular complexity index is 576. The summed E-state index contributed by atoms with van der Waals surface area (Å²) < 4.78 is 32.6. The molecule has 1 rings (SSSR count). The molecule has 182 valence electrons. The highest BCUT2D eigenvalue weighted by molar-refractivity contribution is 7.85. The van der Waals surface area contributed by atoms with Crippen molar-refractivity contribution in [2.75, 3.05) is 5.75 Å². The van der Waals surface area contributed by atoms with E-state index in [0.717, 1.165) is 25.7 Å². The number of aryl methyl sites for hydroxylation is 1. The zero-order valence-corrected chi connectivity index (χ0v) is 21.2. The van der Waals surface area contributed by atoms with E-state index in [1.54, 1.807) is 0 Å². The Labute approximate surface area is 193 Å². The van der Waals surface area contributed by atoms with Gasteiger partial charge in [-0.05, 0) is 12.8 Å². The molecular formula is C26H49NO3S. The molecule has 0 atom stereocenters. The number of nitrogens with zero attached hydrogens (tertiary/aromatic N) is 1. The van der Waals surface area contributed by atoms with E-state index in [1.807, 2.05) is 0 Å². The fourth-order valence-corrected chi connectivity index (χ4v) is 4.16. The average molecular weight is 456 g/mol. The molecule has 0 aliphatic rings. The van der Waals surface area contributed by atoms with Gasteiger partial charge >= 0.3 is 0 Å². The van der Waals surface area contributed by atoms with E-state index in [9.17, 15) is 13.0 Å². The van der Waals surface area contributed by atoms with E-state index in [2.05, 4.69) is 49.0 Å². The molecule has 0 spiro atoms. The SMILES string of the molecule is CCCCCCCCCCCCCC[n+]1ccccc1.CCCCCCCS(=O)(=O)[O-]. The summed E-state index contributed by atoms with van der Waals surface area (Å²) >= 11 is 0. The first-order valence-corrected chi connectivity index (χ1v) is 14.4. The molecule has 0 aromatic carbocycles. The summed E-state index contributed by atoms with van der Waals surface area (Å²) in [7, 11) is -3.96. The van der Waals surface area contributed by atoms with Crippen LogP contribution in [0.2, 0.25) is 0 Å². The molecule has 0 saturated heterocycles. The van der Waals surface area contributed by atoms with Gasteiger partial charge < -0.3 is 4.55 Å². The Kier molecular flexibility index (Phi) is 21.6. The van der Waals surface area contributed by atoms with E-state index >= 15 is 0 Å². The van der Waals surface area contributed by atoms with Crippen LogP contribution in [0.15, 0.2) is 30.6 Å². The molecule has 31 heavy (non-hydrogen) atoms. The molecule has 0 aliphatic carbocycles. The number of unbranched alkanes of at least 4 members (excludes halogenated alkanes) is 15. The van der Waals surface area contributed by atoms with Crippen LogP contribution in [0.1, 0.15) is 123 Å². The number of aromatic nitrogens is 1. The zero-order chi connectivity index (χ0) is 23.0. The molecule has 0 amide bonds. The summed E-state index contributed by atoms with van der Waals surface area (Å²) in [5.74, 6) is -0.198. The minimum Gasteiger partial charge on any atom is -0.748 e. The Balaban J connectivity index is 0.000000695. The third-order valence-electron chi connectivity index (χ3n) is 5.55. The lowest BCUT2D eigenvalue weighted by Gasteiger charge is -2.05. The maximum atomic E-state index is 10.1. The van der Waals surface area contributed by atoms with Crippen molar-refractivity contribution in [3.8, 4) is 0 Å². The Hall–Kier alpha value is -0.940. The summed E-state index contributed by atoms with van der Waals surface area (Å²) in [5.41, 5.74) is 0. The summed E-state index contributed by atoms with van der Waals surface area (Å²) in [4.78, 5) is 0. The molecule has 0 radical (unpaired) electrons. The van der Waals surface area contributed by atoms with Crippen molar-refractivity contribution >= 4 is 10.1 Å². The second-order valence-corrected chi connectivity index (χ2v) is 10.2. The largest absolute Gasteiger partial charge is 0.748 e. The van der Waals surface area contributed by atoms with E-state index in [4.69, 9.17) is 0 Å². The molecule has 0 N–H and O–H groups in total. The highest BCUT2D eigenvalue weighted by atomic mass is 32.2. The number of hydrogen-bond acceptors (Lipinski definition) is 3. The van der Waals surface area contributed by atoms with Crippen molar-refractivity contribution in [1.29, 1.82) is 0 Å². The highest BCUT2D eigenvalue weighted by Crippen LogP contribution is 2.11. The van der Waals surface area contributed by atoms with E-state index in [1.165, 1.54) is 83.6 Å². The van der Waals surface area contributed by atoms with Gasteiger partial charge in [0.05, 0.1) is 10.1 Å². The summed E-state index contributed by atoms with van der Waals surface area (Å²) in [6.07, 6.45) is 26.1.